The molecule has 3 unspecified atom stereocenters. The Morgan fingerprint density at radius 2 is 1.51 bits per heavy atom. The van der Waals surface area contributed by atoms with Crippen molar-refractivity contribution in [2.75, 3.05) is 26.9 Å². The van der Waals surface area contributed by atoms with E-state index in [1.165, 1.54) is 12.0 Å². The van der Waals surface area contributed by atoms with Crippen molar-refractivity contribution in [1.82, 2.24) is 40.6 Å². The van der Waals surface area contributed by atoms with E-state index in [-0.39, 0.29) is 44.0 Å². The average molecular weight is 972 g/mol. The maximum absolute atomic E-state index is 14.2. The number of aliphatic hydroxyl groups is 1. The number of hydrogen-bond acceptors (Lipinski definition) is 13. The lowest BCUT2D eigenvalue weighted by Crippen LogP contribution is -2.58. The van der Waals surface area contributed by atoms with Gasteiger partial charge in [-0.05, 0) is 80.0 Å². The number of hydrogen-bond donors (Lipinski definition) is 4. The van der Waals surface area contributed by atoms with Crippen molar-refractivity contribution in [2.24, 2.45) is 10.4 Å². The fraction of sp³-hybridized carbons (Fsp3) is 0.373. The number of fused-ring (bicyclic) bond motifs is 3. The van der Waals surface area contributed by atoms with Crippen molar-refractivity contribution in [2.45, 2.75) is 92.2 Å². The van der Waals surface area contributed by atoms with Crippen LogP contribution in [0.15, 0.2) is 83.3 Å². The molecule has 69 heavy (non-hydrogen) atoms. The molecule has 0 spiro atoms. The number of likely N-dealkylation sites (tertiary alicyclic amines) is 1. The highest BCUT2D eigenvalue weighted by Gasteiger charge is 2.45. The summed E-state index contributed by atoms with van der Waals surface area (Å²) in [7, 11) is 1.46. The molecule has 1 fully saturated rings. The molecule has 8 rings (SSSR count). The van der Waals surface area contributed by atoms with Crippen LogP contribution in [0.5, 0.6) is 5.75 Å². The Hall–Kier alpha value is -6.60. The average Bonchev–Trinajstić information content (AvgIpc) is 4.09. The zero-order chi connectivity index (χ0) is 49.3. The van der Waals surface area contributed by atoms with Crippen molar-refractivity contribution in [1.29, 1.82) is 0 Å². The maximum Gasteiger partial charge on any atom is 0.258 e. The molecular weight excluding hydrogens is 915 g/mol. The minimum absolute atomic E-state index is 0.0361. The minimum atomic E-state index is -1.01. The molecule has 18 heteroatoms. The summed E-state index contributed by atoms with van der Waals surface area (Å²) in [5.41, 5.74) is 9.43. The van der Waals surface area contributed by atoms with Crippen molar-refractivity contribution >= 4 is 52.0 Å². The summed E-state index contributed by atoms with van der Waals surface area (Å²) >= 11 is 3.20. The van der Waals surface area contributed by atoms with E-state index >= 15 is 0 Å². The Morgan fingerprint density at radius 1 is 0.855 bits per heavy atom. The first kappa shape index (κ1) is 48.8. The van der Waals surface area contributed by atoms with Crippen molar-refractivity contribution in [3.8, 4) is 32.3 Å². The molecule has 2 aliphatic rings. The molecule has 6 aromatic rings. The van der Waals surface area contributed by atoms with Crippen LogP contribution in [0.4, 0.5) is 0 Å². The number of nitrogens with zero attached hydrogens (tertiary/aromatic N) is 6. The number of aryl methyl sites for hydroxylation is 3. The second-order valence-corrected chi connectivity index (χ2v) is 20.6. The Kier molecular flexibility index (Phi) is 14.3. The second kappa shape index (κ2) is 20.2. The molecule has 2 aliphatic heterocycles. The van der Waals surface area contributed by atoms with E-state index in [1.807, 2.05) is 112 Å². The lowest BCUT2D eigenvalue weighted by molar-refractivity contribution is -0.144. The van der Waals surface area contributed by atoms with Gasteiger partial charge in [-0.3, -0.25) is 28.7 Å². The number of aliphatic imine (C=N–C) groups is 1. The first-order chi connectivity index (χ1) is 32.9. The number of ether oxygens (including phenoxy) is 2. The third kappa shape index (κ3) is 10.4. The van der Waals surface area contributed by atoms with Crippen molar-refractivity contribution < 1.29 is 33.8 Å². The summed E-state index contributed by atoms with van der Waals surface area (Å²) in [4.78, 5) is 67.2. The Balaban J connectivity index is 0.906. The van der Waals surface area contributed by atoms with Gasteiger partial charge in [-0.2, -0.15) is 0 Å². The number of carbonyl (C=O) groups excluding carboxylic acids is 4. The highest BCUT2D eigenvalue weighted by atomic mass is 32.1. The predicted molar refractivity (Wildman–Crippen MR) is 266 cm³/mol. The van der Waals surface area contributed by atoms with E-state index in [1.54, 1.807) is 34.8 Å². The van der Waals surface area contributed by atoms with Crippen molar-refractivity contribution in [3.05, 3.63) is 123 Å². The number of β-amino-alcohol motifs (C(OH)–C–C–N with tert-alkyl or cyclic N) is 1. The Bertz CT molecular complexity index is 2900. The molecule has 1 saturated heterocycles. The molecule has 5 heterocycles. The summed E-state index contributed by atoms with van der Waals surface area (Å²) in [6, 6.07) is 21.0. The topological polar surface area (TPSA) is 202 Å². The molecule has 3 aromatic heterocycles. The van der Waals surface area contributed by atoms with Gasteiger partial charge in [-0.1, -0.05) is 81.4 Å². The van der Waals surface area contributed by atoms with Crippen LogP contribution in [0, 0.1) is 33.1 Å². The summed E-state index contributed by atoms with van der Waals surface area (Å²) in [5, 5.41) is 29.2. The van der Waals surface area contributed by atoms with Gasteiger partial charge in [0.15, 0.2) is 18.6 Å². The van der Waals surface area contributed by atoms with E-state index in [4.69, 9.17) is 14.5 Å². The van der Waals surface area contributed by atoms with E-state index < -0.39 is 41.6 Å². The highest BCUT2D eigenvalue weighted by molar-refractivity contribution is 7.15. The van der Waals surface area contributed by atoms with E-state index in [0.29, 0.717) is 17.4 Å². The van der Waals surface area contributed by atoms with Gasteiger partial charge in [0, 0.05) is 36.1 Å². The van der Waals surface area contributed by atoms with Crippen LogP contribution >= 0.6 is 22.7 Å². The van der Waals surface area contributed by atoms with E-state index in [9.17, 15) is 24.3 Å². The van der Waals surface area contributed by atoms with Crippen LogP contribution in [-0.2, 0) is 23.9 Å². The van der Waals surface area contributed by atoms with Gasteiger partial charge in [0.2, 0.25) is 17.7 Å². The van der Waals surface area contributed by atoms with Crippen LogP contribution in [0.25, 0.3) is 26.6 Å². The van der Waals surface area contributed by atoms with Gasteiger partial charge in [-0.15, -0.1) is 32.9 Å². The summed E-state index contributed by atoms with van der Waals surface area (Å²) < 4.78 is 12.9. The Morgan fingerprint density at radius 3 is 2.14 bits per heavy atom. The molecular formula is C51H57N9O7S2. The molecule has 3 aromatic carbocycles. The lowest BCUT2D eigenvalue weighted by Gasteiger charge is -2.35. The predicted octanol–water partition coefficient (Wildman–Crippen LogP) is 6.71. The monoisotopic (exact) mass is 971 g/mol. The number of rotatable bonds is 14. The van der Waals surface area contributed by atoms with Crippen LogP contribution < -0.4 is 20.7 Å². The molecule has 360 valence electrons. The van der Waals surface area contributed by atoms with Gasteiger partial charge >= 0.3 is 0 Å². The zero-order valence-corrected chi connectivity index (χ0v) is 41.8. The number of aliphatic hydroxyl groups excluding tert-OH is 1. The third-order valence-electron chi connectivity index (χ3n) is 12.5. The minimum Gasteiger partial charge on any atom is -0.484 e. The van der Waals surface area contributed by atoms with Gasteiger partial charge < -0.3 is 35.4 Å². The SMILES string of the molecule is COCC(=O)NC1N=C(c2ccc(-c3ccc(OCC(=O)NC(C(=O)N4C[C@H](O)C[C@H]4C(=O)NC(C)c4ccc(-c5scnc5C)cc4)C(C)(C)C)cc3)cc2)c2c(sc(C)c2C)-n2c(C)nnc21. The molecule has 5 atom stereocenters. The summed E-state index contributed by atoms with van der Waals surface area (Å²) in [5.74, 6) is -0.0220. The number of benzene rings is 3. The molecule has 0 radical (unpaired) electrons. The van der Waals surface area contributed by atoms with Gasteiger partial charge in [0.1, 0.15) is 35.3 Å². The van der Waals surface area contributed by atoms with Crippen LogP contribution in [0.1, 0.15) is 90.8 Å². The molecule has 16 nitrogen and oxygen atoms in total. The largest absolute Gasteiger partial charge is 0.484 e. The second-order valence-electron chi connectivity index (χ2n) is 18.6. The van der Waals surface area contributed by atoms with Crippen LogP contribution in [0.2, 0.25) is 0 Å². The molecule has 4 N–H and O–H groups in total. The molecule has 4 amide bonds. The summed E-state index contributed by atoms with van der Waals surface area (Å²) in [6.45, 7) is 14.9. The molecule has 0 bridgehead atoms. The Labute approximate surface area is 409 Å². The fourth-order valence-electron chi connectivity index (χ4n) is 8.68. The quantitative estimate of drug-likeness (QED) is 0.0909. The lowest BCUT2D eigenvalue weighted by atomic mass is 9.85. The number of aromatic nitrogens is 4. The van der Waals surface area contributed by atoms with Gasteiger partial charge in [0.05, 0.1) is 33.9 Å². The maximum atomic E-state index is 14.2. The normalized spacial score (nSPS) is 17.5. The van der Waals surface area contributed by atoms with Crippen molar-refractivity contribution in [3.63, 3.8) is 0 Å². The number of amides is 4. The number of thiazole rings is 1. The van der Waals surface area contributed by atoms with E-state index in [0.717, 1.165) is 65.1 Å². The van der Waals surface area contributed by atoms with Gasteiger partial charge in [-0.25, -0.2) is 4.98 Å². The number of methoxy groups -OCH3 is 1. The smallest absolute Gasteiger partial charge is 0.258 e. The number of nitrogens with one attached hydrogen (secondary N) is 3. The summed E-state index contributed by atoms with van der Waals surface area (Å²) in [6.07, 6.45) is -1.62. The molecule has 0 saturated carbocycles. The van der Waals surface area contributed by atoms with Crippen LogP contribution in [-0.4, -0.2) is 104 Å². The zero-order valence-electron chi connectivity index (χ0n) is 40.1. The first-order valence-electron chi connectivity index (χ1n) is 22.7. The molecule has 0 aliphatic carbocycles. The van der Waals surface area contributed by atoms with Crippen LogP contribution in [0.3, 0.4) is 0 Å². The highest BCUT2D eigenvalue weighted by Crippen LogP contribution is 2.39. The number of carbonyl (C=O) groups is 4. The standard InChI is InChI=1S/C51H57N9O7S2/c1-27-30(4)69-50-42(27)43(56-46(55-40(62)24-66-9)47-58-57-31(5)60(47)50)35-14-12-33(13-15-35)34-18-20-38(21-19-34)67-25-41(63)54-45(51(6,7)8)49(65)59-23-37(61)22-39(59)48(64)53-28(2)32-10-16-36(17-11-32)44-29(3)52-26-68-44/h10-21,26,28,37,39,45-46,61H,22-25H2,1-9H3,(H,53,64)(H,54,63)(H,55,62)/t28?,37-,39+,45?,46?/m1/s1. The van der Waals surface area contributed by atoms with Gasteiger partial charge in [0.25, 0.3) is 5.91 Å². The fourth-order valence-corrected chi connectivity index (χ4v) is 10.7. The first-order valence-corrected chi connectivity index (χ1v) is 24.4. The van der Waals surface area contributed by atoms with E-state index in [2.05, 4.69) is 45.0 Å². The third-order valence-corrected chi connectivity index (χ3v) is 14.7. The number of thiophene rings is 1.